The Morgan fingerprint density at radius 3 is 2.40 bits per heavy atom. The zero-order valence-corrected chi connectivity index (χ0v) is 11.4. The number of methoxy groups -OCH3 is 1. The van der Waals surface area contributed by atoms with Crippen LogP contribution in [0.15, 0.2) is 12.1 Å². The first-order chi connectivity index (χ1) is 6.97. The topological polar surface area (TPSA) is 29.5 Å². The third kappa shape index (κ3) is 3.00. The van der Waals surface area contributed by atoms with E-state index >= 15 is 0 Å². The van der Waals surface area contributed by atoms with Crippen molar-refractivity contribution in [3.8, 4) is 5.75 Å². The Morgan fingerprint density at radius 1 is 1.33 bits per heavy atom. The monoisotopic (exact) mass is 312 g/mol. The molecule has 0 aliphatic heterocycles. The number of benzene rings is 1. The van der Waals surface area contributed by atoms with Gasteiger partial charge in [0, 0.05) is 16.5 Å². The van der Waals surface area contributed by atoms with Crippen molar-refractivity contribution in [2.75, 3.05) is 7.11 Å². The van der Waals surface area contributed by atoms with Crippen LogP contribution in [0.5, 0.6) is 5.75 Å². The highest BCUT2D eigenvalue weighted by Gasteiger charge is 2.18. The van der Waals surface area contributed by atoms with Crippen LogP contribution in [0, 0.1) is 0 Å². The number of alkyl halides is 1. The third-order valence-electron chi connectivity index (χ3n) is 2.02. The van der Waals surface area contributed by atoms with E-state index in [-0.39, 0.29) is 4.83 Å². The van der Waals surface area contributed by atoms with Crippen molar-refractivity contribution >= 4 is 39.1 Å². The third-order valence-corrected chi connectivity index (χ3v) is 3.15. The van der Waals surface area contributed by atoms with Gasteiger partial charge in [0.25, 0.3) is 0 Å². The summed E-state index contributed by atoms with van der Waals surface area (Å²) in [5, 5.41) is 10.7. The van der Waals surface area contributed by atoms with Gasteiger partial charge in [-0.25, -0.2) is 0 Å². The Bertz CT molecular complexity index is 356. The summed E-state index contributed by atoms with van der Waals surface area (Å²) in [6, 6.07) is 3.21. The van der Waals surface area contributed by atoms with E-state index < -0.39 is 6.10 Å². The molecule has 0 aliphatic rings. The smallest absolute Gasteiger partial charge is 0.138 e. The Morgan fingerprint density at radius 2 is 1.93 bits per heavy atom. The van der Waals surface area contributed by atoms with Crippen LogP contribution < -0.4 is 4.74 Å². The molecule has 0 fully saturated rings. The van der Waals surface area contributed by atoms with Gasteiger partial charge in [-0.1, -0.05) is 39.1 Å². The molecule has 0 amide bonds. The van der Waals surface area contributed by atoms with Gasteiger partial charge < -0.3 is 9.84 Å². The molecule has 15 heavy (non-hydrogen) atoms. The summed E-state index contributed by atoms with van der Waals surface area (Å²) in [4.78, 5) is -0.0977. The van der Waals surface area contributed by atoms with Crippen molar-refractivity contribution in [3.05, 3.63) is 27.7 Å². The van der Waals surface area contributed by atoms with Crippen molar-refractivity contribution in [2.45, 2.75) is 17.9 Å². The summed E-state index contributed by atoms with van der Waals surface area (Å²) in [7, 11) is 1.51. The summed E-state index contributed by atoms with van der Waals surface area (Å²) in [5.41, 5.74) is 0.590. The van der Waals surface area contributed by atoms with Crippen LogP contribution in [0.2, 0.25) is 10.0 Å². The average molecular weight is 314 g/mol. The van der Waals surface area contributed by atoms with E-state index in [1.54, 1.807) is 12.1 Å². The highest BCUT2D eigenvalue weighted by atomic mass is 79.9. The molecule has 0 radical (unpaired) electrons. The zero-order valence-electron chi connectivity index (χ0n) is 8.30. The molecule has 2 nitrogen and oxygen atoms in total. The fourth-order valence-electron chi connectivity index (χ4n) is 1.17. The first-order valence-electron chi connectivity index (χ1n) is 4.32. The van der Waals surface area contributed by atoms with Crippen LogP contribution >= 0.6 is 39.1 Å². The van der Waals surface area contributed by atoms with E-state index in [2.05, 4.69) is 15.9 Å². The van der Waals surface area contributed by atoms with Crippen LogP contribution in [0.1, 0.15) is 18.6 Å². The van der Waals surface area contributed by atoms with E-state index in [0.717, 1.165) is 0 Å². The minimum atomic E-state index is -0.694. The SMILES string of the molecule is COc1cc(Cl)c(C(O)C(C)Br)cc1Cl. The molecule has 0 aromatic heterocycles. The van der Waals surface area contributed by atoms with Crippen LogP contribution in [0.25, 0.3) is 0 Å². The lowest BCUT2D eigenvalue weighted by Crippen LogP contribution is -2.08. The number of aliphatic hydroxyl groups is 1. The standard InChI is InChI=1S/C10H11BrCl2O2/c1-5(11)10(14)6-3-8(13)9(15-2)4-7(6)12/h3-5,10,14H,1-2H3. The van der Waals surface area contributed by atoms with Crippen molar-refractivity contribution in [1.29, 1.82) is 0 Å². The summed E-state index contributed by atoms with van der Waals surface area (Å²) in [6.07, 6.45) is -0.694. The van der Waals surface area contributed by atoms with Crippen molar-refractivity contribution in [2.24, 2.45) is 0 Å². The molecule has 1 rings (SSSR count). The van der Waals surface area contributed by atoms with E-state index in [1.165, 1.54) is 7.11 Å². The maximum atomic E-state index is 9.84. The lowest BCUT2D eigenvalue weighted by Gasteiger charge is -2.16. The lowest BCUT2D eigenvalue weighted by atomic mass is 10.1. The maximum Gasteiger partial charge on any atom is 0.138 e. The number of hydrogen-bond donors (Lipinski definition) is 1. The summed E-state index contributed by atoms with van der Waals surface area (Å²) >= 11 is 15.2. The molecule has 2 atom stereocenters. The quantitative estimate of drug-likeness (QED) is 0.860. The molecular formula is C10H11BrCl2O2. The highest BCUT2D eigenvalue weighted by Crippen LogP contribution is 2.36. The zero-order chi connectivity index (χ0) is 11.6. The van der Waals surface area contributed by atoms with Gasteiger partial charge in [-0.05, 0) is 13.0 Å². The molecule has 0 bridgehead atoms. The van der Waals surface area contributed by atoms with Gasteiger partial charge in [0.2, 0.25) is 0 Å². The predicted molar refractivity (Wildman–Crippen MR) is 66.4 cm³/mol. The summed E-state index contributed by atoms with van der Waals surface area (Å²) < 4.78 is 5.01. The van der Waals surface area contributed by atoms with Gasteiger partial charge in [-0.3, -0.25) is 0 Å². The van der Waals surface area contributed by atoms with E-state index in [9.17, 15) is 5.11 Å². The number of aliphatic hydroxyl groups excluding tert-OH is 1. The largest absolute Gasteiger partial charge is 0.495 e. The fraction of sp³-hybridized carbons (Fsp3) is 0.400. The van der Waals surface area contributed by atoms with Crippen LogP contribution in [-0.4, -0.2) is 17.0 Å². The first-order valence-corrected chi connectivity index (χ1v) is 5.99. The molecule has 5 heteroatoms. The fourth-order valence-corrected chi connectivity index (χ4v) is 1.97. The van der Waals surface area contributed by atoms with Gasteiger partial charge in [-0.15, -0.1) is 0 Å². The predicted octanol–water partition coefficient (Wildman–Crippen LogP) is 3.82. The first kappa shape index (κ1) is 13.1. The highest BCUT2D eigenvalue weighted by molar-refractivity contribution is 9.09. The Labute approximate surface area is 107 Å². The minimum Gasteiger partial charge on any atom is -0.495 e. The normalized spacial score (nSPS) is 14.8. The molecule has 0 spiro atoms. The van der Waals surface area contributed by atoms with Crippen LogP contribution in [-0.2, 0) is 0 Å². The Balaban J connectivity index is 3.15. The van der Waals surface area contributed by atoms with Gasteiger partial charge in [0.05, 0.1) is 23.3 Å². The number of ether oxygens (including phenoxy) is 1. The van der Waals surface area contributed by atoms with Gasteiger partial charge in [-0.2, -0.15) is 0 Å². The average Bonchev–Trinajstić information content (AvgIpc) is 2.19. The molecule has 84 valence electrons. The van der Waals surface area contributed by atoms with Crippen molar-refractivity contribution < 1.29 is 9.84 Å². The van der Waals surface area contributed by atoms with Gasteiger partial charge in [0.15, 0.2) is 0 Å². The molecule has 0 heterocycles. The van der Waals surface area contributed by atoms with E-state index in [4.69, 9.17) is 27.9 Å². The second-order valence-electron chi connectivity index (χ2n) is 3.13. The number of hydrogen-bond acceptors (Lipinski definition) is 2. The number of halogens is 3. The van der Waals surface area contributed by atoms with Crippen LogP contribution in [0.3, 0.4) is 0 Å². The van der Waals surface area contributed by atoms with Crippen molar-refractivity contribution in [1.82, 2.24) is 0 Å². The Hall–Kier alpha value is 0.0400. The Kier molecular flexibility index (Phi) is 4.71. The van der Waals surface area contributed by atoms with Gasteiger partial charge >= 0.3 is 0 Å². The molecular weight excluding hydrogens is 303 g/mol. The minimum absolute atomic E-state index is 0.0977. The van der Waals surface area contributed by atoms with Crippen LogP contribution in [0.4, 0.5) is 0 Å². The molecule has 1 N–H and O–H groups in total. The molecule has 1 aromatic rings. The van der Waals surface area contributed by atoms with Gasteiger partial charge in [0.1, 0.15) is 5.75 Å². The second-order valence-corrected chi connectivity index (χ2v) is 5.39. The van der Waals surface area contributed by atoms with E-state index in [1.807, 2.05) is 6.92 Å². The molecule has 0 aliphatic carbocycles. The second kappa shape index (κ2) is 5.39. The number of rotatable bonds is 3. The van der Waals surface area contributed by atoms with Crippen molar-refractivity contribution in [3.63, 3.8) is 0 Å². The summed E-state index contributed by atoms with van der Waals surface area (Å²) in [5.74, 6) is 0.500. The molecule has 2 unspecified atom stereocenters. The summed E-state index contributed by atoms with van der Waals surface area (Å²) in [6.45, 7) is 1.83. The maximum absolute atomic E-state index is 9.84. The van der Waals surface area contributed by atoms with E-state index in [0.29, 0.717) is 21.4 Å². The lowest BCUT2D eigenvalue weighted by molar-refractivity contribution is 0.181. The molecule has 0 saturated heterocycles. The molecule has 1 aromatic carbocycles. The molecule has 0 saturated carbocycles.